The van der Waals surface area contributed by atoms with Crippen LogP contribution in [-0.4, -0.2) is 31.5 Å². The fourth-order valence-electron chi connectivity index (χ4n) is 3.29. The Morgan fingerprint density at radius 2 is 1.96 bits per heavy atom. The van der Waals surface area contributed by atoms with Crippen molar-refractivity contribution in [3.8, 4) is 5.75 Å². The van der Waals surface area contributed by atoms with Crippen molar-refractivity contribution in [1.29, 1.82) is 0 Å². The third-order valence-corrected chi connectivity index (χ3v) is 5.02. The minimum absolute atomic E-state index is 0.0778. The average molecular weight is 378 g/mol. The minimum atomic E-state index is -4.60. The van der Waals surface area contributed by atoms with E-state index in [9.17, 15) is 18.0 Å². The first-order valence-electron chi connectivity index (χ1n) is 8.60. The van der Waals surface area contributed by atoms with Gasteiger partial charge < -0.3 is 10.1 Å². The number of carbonyl (C=O) groups is 1. The van der Waals surface area contributed by atoms with Gasteiger partial charge in [-0.05, 0) is 61.9 Å². The van der Waals surface area contributed by atoms with E-state index >= 15 is 0 Å². The number of halogens is 3. The largest absolute Gasteiger partial charge is 0.496 e. The highest BCUT2D eigenvalue weighted by Crippen LogP contribution is 2.37. The number of ether oxygens (including phenoxy) is 1. The normalized spacial score (nSPS) is 17.3. The van der Waals surface area contributed by atoms with Gasteiger partial charge in [0, 0.05) is 23.8 Å². The Labute approximate surface area is 155 Å². The van der Waals surface area contributed by atoms with Gasteiger partial charge in [0.1, 0.15) is 5.75 Å². The van der Waals surface area contributed by atoms with Crippen LogP contribution in [0.5, 0.6) is 5.75 Å². The van der Waals surface area contributed by atoms with Crippen LogP contribution in [0, 0.1) is 0 Å². The first kappa shape index (κ1) is 19.2. The highest BCUT2D eigenvalue weighted by molar-refractivity contribution is 6.04. The van der Waals surface area contributed by atoms with Crippen molar-refractivity contribution in [2.45, 2.75) is 25.6 Å². The Kier molecular flexibility index (Phi) is 5.15. The number of amides is 1. The Balaban J connectivity index is 1.86. The van der Waals surface area contributed by atoms with Crippen LogP contribution < -0.4 is 10.1 Å². The molecule has 1 aliphatic rings. The Morgan fingerprint density at radius 1 is 1.22 bits per heavy atom. The van der Waals surface area contributed by atoms with Gasteiger partial charge in [0.25, 0.3) is 5.91 Å². The lowest BCUT2D eigenvalue weighted by molar-refractivity contribution is -0.138. The summed E-state index contributed by atoms with van der Waals surface area (Å²) in [6.07, 6.45) is -3.68. The summed E-state index contributed by atoms with van der Waals surface area (Å²) in [6.45, 7) is 3.05. The van der Waals surface area contributed by atoms with Crippen molar-refractivity contribution in [2.24, 2.45) is 0 Å². The van der Waals surface area contributed by atoms with E-state index in [-0.39, 0.29) is 17.4 Å². The van der Waals surface area contributed by atoms with Crippen molar-refractivity contribution in [3.63, 3.8) is 0 Å². The summed E-state index contributed by atoms with van der Waals surface area (Å²) >= 11 is 0. The maximum atomic E-state index is 13.2. The van der Waals surface area contributed by atoms with E-state index in [1.165, 1.54) is 11.6 Å². The van der Waals surface area contributed by atoms with Crippen LogP contribution in [0.25, 0.3) is 0 Å². The Morgan fingerprint density at radius 3 is 2.63 bits per heavy atom. The molecule has 1 aliphatic heterocycles. The molecule has 2 aromatic carbocycles. The molecule has 0 saturated heterocycles. The fraction of sp³-hybridized carbons (Fsp3) is 0.350. The monoisotopic (exact) mass is 378 g/mol. The van der Waals surface area contributed by atoms with E-state index in [1.54, 1.807) is 6.07 Å². The van der Waals surface area contributed by atoms with E-state index in [2.05, 4.69) is 17.1 Å². The summed E-state index contributed by atoms with van der Waals surface area (Å²) in [5.74, 6) is -0.912. The van der Waals surface area contributed by atoms with Crippen LogP contribution in [0.1, 0.15) is 40.0 Å². The van der Waals surface area contributed by atoms with E-state index in [0.29, 0.717) is 5.69 Å². The first-order valence-corrected chi connectivity index (χ1v) is 8.60. The molecular formula is C20H21F3N2O2. The van der Waals surface area contributed by atoms with Gasteiger partial charge >= 0.3 is 6.18 Å². The van der Waals surface area contributed by atoms with E-state index in [1.807, 2.05) is 19.2 Å². The van der Waals surface area contributed by atoms with E-state index in [4.69, 9.17) is 4.74 Å². The molecule has 0 spiro atoms. The third kappa shape index (κ3) is 3.93. The van der Waals surface area contributed by atoms with Crippen LogP contribution in [0.3, 0.4) is 0 Å². The quantitative estimate of drug-likeness (QED) is 0.854. The minimum Gasteiger partial charge on any atom is -0.496 e. The third-order valence-electron chi connectivity index (χ3n) is 5.02. The molecule has 1 atom stereocenters. The predicted octanol–water partition coefficient (Wildman–Crippen LogP) is 4.52. The van der Waals surface area contributed by atoms with Crippen molar-refractivity contribution in [3.05, 3.63) is 58.7 Å². The maximum absolute atomic E-state index is 13.2. The van der Waals surface area contributed by atoms with E-state index < -0.39 is 17.6 Å². The Bertz CT molecular complexity index is 865. The first-order chi connectivity index (χ1) is 12.7. The molecule has 1 N–H and O–H groups in total. The maximum Gasteiger partial charge on any atom is 0.419 e. The van der Waals surface area contributed by atoms with E-state index in [0.717, 1.165) is 37.8 Å². The van der Waals surface area contributed by atoms with Gasteiger partial charge in [-0.3, -0.25) is 9.69 Å². The SMILES string of the molecule is COc1ccc(C(=O)Nc2ccc3c(c2)C(C)N(C)CC3)cc1C(F)(F)F. The van der Waals surface area contributed by atoms with Crippen molar-refractivity contribution in [2.75, 3.05) is 26.0 Å². The topological polar surface area (TPSA) is 41.6 Å². The van der Waals surface area contributed by atoms with Crippen LogP contribution in [0.2, 0.25) is 0 Å². The molecule has 0 aromatic heterocycles. The molecular weight excluding hydrogens is 357 g/mol. The van der Waals surface area contributed by atoms with Crippen molar-refractivity contribution < 1.29 is 22.7 Å². The molecule has 1 unspecified atom stereocenters. The fourth-order valence-corrected chi connectivity index (χ4v) is 3.29. The Hall–Kier alpha value is -2.54. The number of likely N-dealkylation sites (N-methyl/N-ethyl adjacent to an activating group) is 1. The van der Waals surface area contributed by atoms with Gasteiger partial charge in [-0.2, -0.15) is 13.2 Å². The second kappa shape index (κ2) is 7.23. The number of methoxy groups -OCH3 is 1. The standard InChI is InChI=1S/C20H21F3N2O2/c1-12-16-11-15(6-4-13(16)8-9-25(12)2)24-19(26)14-5-7-18(27-3)17(10-14)20(21,22)23/h4-7,10-12H,8-9H2,1-3H3,(H,24,26). The number of alkyl halides is 3. The molecule has 144 valence electrons. The summed E-state index contributed by atoms with van der Waals surface area (Å²) < 4.78 is 44.2. The number of fused-ring (bicyclic) bond motifs is 1. The number of rotatable bonds is 3. The number of anilines is 1. The molecule has 0 saturated carbocycles. The van der Waals surface area contributed by atoms with Gasteiger partial charge in [0.2, 0.25) is 0 Å². The van der Waals surface area contributed by atoms with Gasteiger partial charge in [0.15, 0.2) is 0 Å². The molecule has 0 bridgehead atoms. The van der Waals surface area contributed by atoms with Gasteiger partial charge in [-0.25, -0.2) is 0 Å². The van der Waals surface area contributed by atoms with Crippen LogP contribution in [0.4, 0.5) is 18.9 Å². The summed E-state index contributed by atoms with van der Waals surface area (Å²) in [5, 5.41) is 2.69. The number of hydrogen-bond acceptors (Lipinski definition) is 3. The smallest absolute Gasteiger partial charge is 0.419 e. The lowest BCUT2D eigenvalue weighted by atomic mass is 9.93. The number of benzene rings is 2. The zero-order chi connectivity index (χ0) is 19.8. The molecule has 0 aliphatic carbocycles. The lowest BCUT2D eigenvalue weighted by Crippen LogP contribution is -2.30. The summed E-state index contributed by atoms with van der Waals surface area (Å²) in [4.78, 5) is 14.7. The number of nitrogens with zero attached hydrogens (tertiary/aromatic N) is 1. The second-order valence-corrected chi connectivity index (χ2v) is 6.69. The number of carbonyl (C=O) groups excluding carboxylic acids is 1. The molecule has 2 aromatic rings. The van der Waals surface area contributed by atoms with Gasteiger partial charge in [-0.1, -0.05) is 6.07 Å². The predicted molar refractivity (Wildman–Crippen MR) is 97.1 cm³/mol. The highest BCUT2D eigenvalue weighted by Gasteiger charge is 2.35. The molecule has 4 nitrogen and oxygen atoms in total. The molecule has 7 heteroatoms. The van der Waals surface area contributed by atoms with Crippen molar-refractivity contribution >= 4 is 11.6 Å². The molecule has 0 radical (unpaired) electrons. The highest BCUT2D eigenvalue weighted by atomic mass is 19.4. The molecule has 1 amide bonds. The molecule has 3 rings (SSSR count). The second-order valence-electron chi connectivity index (χ2n) is 6.69. The zero-order valence-corrected chi connectivity index (χ0v) is 15.4. The molecule has 0 fully saturated rings. The van der Waals surface area contributed by atoms with Crippen LogP contribution in [-0.2, 0) is 12.6 Å². The zero-order valence-electron chi connectivity index (χ0n) is 15.4. The molecule has 27 heavy (non-hydrogen) atoms. The van der Waals surface area contributed by atoms with Crippen molar-refractivity contribution in [1.82, 2.24) is 4.90 Å². The van der Waals surface area contributed by atoms with Crippen LogP contribution >= 0.6 is 0 Å². The summed E-state index contributed by atoms with van der Waals surface area (Å²) in [6, 6.07) is 9.13. The van der Waals surface area contributed by atoms with Crippen LogP contribution in [0.15, 0.2) is 36.4 Å². The van der Waals surface area contributed by atoms with Gasteiger partial charge in [0.05, 0.1) is 12.7 Å². The van der Waals surface area contributed by atoms with Gasteiger partial charge in [-0.15, -0.1) is 0 Å². The summed E-state index contributed by atoms with van der Waals surface area (Å²) in [7, 11) is 3.20. The average Bonchev–Trinajstić information content (AvgIpc) is 2.64. The molecule has 1 heterocycles. The number of hydrogen-bond donors (Lipinski definition) is 1. The summed E-state index contributed by atoms with van der Waals surface area (Å²) in [5.41, 5.74) is 1.85. The number of nitrogens with one attached hydrogen (secondary N) is 1. The lowest BCUT2D eigenvalue weighted by Gasteiger charge is -2.32.